The molecule has 2 atom stereocenters. The van der Waals surface area contributed by atoms with Gasteiger partial charge in [-0.25, -0.2) is 8.42 Å². The van der Waals surface area contributed by atoms with Crippen molar-refractivity contribution in [2.45, 2.75) is 25.4 Å². The minimum atomic E-state index is -3.08. The summed E-state index contributed by atoms with van der Waals surface area (Å²) in [5.74, 6) is 0.0550. The van der Waals surface area contributed by atoms with Crippen molar-refractivity contribution in [1.29, 1.82) is 0 Å². The Labute approximate surface area is 83.7 Å². The Morgan fingerprint density at radius 2 is 1.79 bits per heavy atom. The zero-order valence-electron chi connectivity index (χ0n) is 8.30. The highest BCUT2D eigenvalue weighted by Gasteiger charge is 2.47. The van der Waals surface area contributed by atoms with Gasteiger partial charge < -0.3 is 4.90 Å². The largest absolute Gasteiger partial charge is 0.334 e. The molecule has 2 bridgehead atoms. The number of piperidine rings is 1. The third-order valence-electron chi connectivity index (χ3n) is 2.99. The predicted molar refractivity (Wildman–Crippen MR) is 51.1 cm³/mol. The van der Waals surface area contributed by atoms with Gasteiger partial charge in [0.05, 0.1) is 6.26 Å². The normalized spacial score (nSPS) is 32.6. The first-order valence-corrected chi connectivity index (χ1v) is 6.48. The Kier molecular flexibility index (Phi) is 2.08. The van der Waals surface area contributed by atoms with Crippen LogP contribution in [0.1, 0.15) is 13.3 Å². The van der Waals surface area contributed by atoms with Crippen molar-refractivity contribution in [1.82, 2.24) is 9.21 Å². The van der Waals surface area contributed by atoms with Gasteiger partial charge >= 0.3 is 0 Å². The van der Waals surface area contributed by atoms with E-state index < -0.39 is 10.0 Å². The molecule has 0 aromatic carbocycles. The van der Waals surface area contributed by atoms with Crippen LogP contribution in [0.5, 0.6) is 0 Å². The molecule has 0 N–H and O–H groups in total. The van der Waals surface area contributed by atoms with Gasteiger partial charge in [0, 0.05) is 32.1 Å². The quantitative estimate of drug-likeness (QED) is 0.582. The van der Waals surface area contributed by atoms with E-state index in [4.69, 9.17) is 0 Å². The Hall–Kier alpha value is -0.620. The molecule has 1 amide bonds. The average molecular weight is 218 g/mol. The number of carbonyl (C=O) groups excluding carboxylic acids is 1. The highest BCUT2D eigenvalue weighted by molar-refractivity contribution is 7.88. The summed E-state index contributed by atoms with van der Waals surface area (Å²) in [6.45, 7) is 2.47. The molecule has 3 saturated heterocycles. The van der Waals surface area contributed by atoms with E-state index >= 15 is 0 Å². The fourth-order valence-electron chi connectivity index (χ4n) is 2.36. The van der Waals surface area contributed by atoms with Crippen molar-refractivity contribution in [3.8, 4) is 0 Å². The van der Waals surface area contributed by atoms with E-state index in [9.17, 15) is 13.2 Å². The lowest BCUT2D eigenvalue weighted by atomic mass is 9.89. The molecule has 0 aromatic heterocycles. The maximum atomic E-state index is 11.3. The van der Waals surface area contributed by atoms with E-state index in [1.807, 2.05) is 0 Å². The molecule has 3 rings (SSSR count). The second-order valence-electron chi connectivity index (χ2n) is 4.05. The summed E-state index contributed by atoms with van der Waals surface area (Å²) < 4.78 is 24.0. The smallest absolute Gasteiger partial charge is 0.220 e. The van der Waals surface area contributed by atoms with E-state index in [1.54, 1.807) is 4.90 Å². The first-order valence-electron chi connectivity index (χ1n) is 4.63. The van der Waals surface area contributed by atoms with Crippen molar-refractivity contribution >= 4 is 15.9 Å². The molecule has 3 fully saturated rings. The number of sulfonamides is 1. The van der Waals surface area contributed by atoms with E-state index in [0.29, 0.717) is 13.1 Å². The second-order valence-corrected chi connectivity index (χ2v) is 6.03. The highest BCUT2D eigenvalue weighted by Crippen LogP contribution is 2.32. The molecule has 3 aliphatic rings. The number of piperazine rings is 1. The van der Waals surface area contributed by atoms with Gasteiger partial charge in [-0.1, -0.05) is 0 Å². The number of nitrogens with zero attached hydrogens (tertiary/aromatic N) is 2. The molecule has 0 aliphatic carbocycles. The van der Waals surface area contributed by atoms with Crippen LogP contribution in [0.3, 0.4) is 0 Å². The molecule has 0 saturated carbocycles. The molecule has 6 heteroatoms. The van der Waals surface area contributed by atoms with Crippen LogP contribution in [0, 0.1) is 0 Å². The molecule has 5 nitrogen and oxygen atoms in total. The van der Waals surface area contributed by atoms with Gasteiger partial charge in [0.2, 0.25) is 15.9 Å². The van der Waals surface area contributed by atoms with Crippen molar-refractivity contribution in [3.63, 3.8) is 0 Å². The topological polar surface area (TPSA) is 57.7 Å². The number of hydrogen-bond acceptors (Lipinski definition) is 3. The van der Waals surface area contributed by atoms with Gasteiger partial charge in [-0.05, 0) is 6.42 Å². The summed E-state index contributed by atoms with van der Waals surface area (Å²) in [6, 6.07) is 0.224. The summed E-state index contributed by atoms with van der Waals surface area (Å²) in [5.41, 5.74) is 0. The molecule has 3 aliphatic heterocycles. The van der Waals surface area contributed by atoms with Gasteiger partial charge in [0.25, 0.3) is 0 Å². The van der Waals surface area contributed by atoms with Crippen molar-refractivity contribution < 1.29 is 13.2 Å². The van der Waals surface area contributed by atoms with Crippen molar-refractivity contribution in [2.24, 2.45) is 0 Å². The van der Waals surface area contributed by atoms with Gasteiger partial charge in [-0.3, -0.25) is 4.79 Å². The van der Waals surface area contributed by atoms with Gasteiger partial charge in [0.1, 0.15) is 0 Å². The Balaban J connectivity index is 2.09. The molecular weight excluding hydrogens is 204 g/mol. The van der Waals surface area contributed by atoms with Crippen LogP contribution in [0.25, 0.3) is 0 Å². The molecule has 14 heavy (non-hydrogen) atoms. The fourth-order valence-corrected chi connectivity index (χ4v) is 3.24. The lowest BCUT2D eigenvalue weighted by molar-refractivity contribution is -0.147. The maximum Gasteiger partial charge on any atom is 0.220 e. The average Bonchev–Trinajstić information content (AvgIpc) is 2.01. The van der Waals surface area contributed by atoms with Crippen molar-refractivity contribution in [3.05, 3.63) is 0 Å². The standard InChI is InChI=1S/C8H14N2O3S/c1-6(11)10-7-3-8(10)5-9(4-7)14(2,12)13/h7-8H,3-5H2,1-2H3. The summed E-state index contributed by atoms with van der Waals surface area (Å²) in [7, 11) is -3.08. The zero-order valence-corrected chi connectivity index (χ0v) is 9.12. The van der Waals surface area contributed by atoms with Gasteiger partial charge in [-0.2, -0.15) is 4.31 Å². The predicted octanol–water partition coefficient (Wildman–Crippen LogP) is -0.749. The molecule has 0 aromatic rings. The Morgan fingerprint density at radius 3 is 2.14 bits per heavy atom. The van der Waals surface area contributed by atoms with Crippen LogP contribution < -0.4 is 0 Å². The minimum Gasteiger partial charge on any atom is -0.334 e. The third-order valence-corrected chi connectivity index (χ3v) is 4.23. The number of fused-ring (bicyclic) bond motifs is 2. The molecule has 3 heterocycles. The lowest BCUT2D eigenvalue weighted by Gasteiger charge is -2.55. The fraction of sp³-hybridized carbons (Fsp3) is 0.875. The molecule has 0 radical (unpaired) electrons. The van der Waals surface area contributed by atoms with E-state index in [1.165, 1.54) is 17.5 Å². The summed E-state index contributed by atoms with van der Waals surface area (Å²) >= 11 is 0. The van der Waals surface area contributed by atoms with Crippen LogP contribution in [-0.4, -0.2) is 55.0 Å². The molecule has 2 unspecified atom stereocenters. The van der Waals surface area contributed by atoms with E-state index in [0.717, 1.165) is 6.42 Å². The minimum absolute atomic E-state index is 0.0550. The van der Waals surface area contributed by atoms with Gasteiger partial charge in [0.15, 0.2) is 0 Å². The third kappa shape index (κ3) is 1.42. The Bertz CT molecular complexity index is 353. The van der Waals surface area contributed by atoms with E-state index in [-0.39, 0.29) is 18.0 Å². The monoisotopic (exact) mass is 218 g/mol. The van der Waals surface area contributed by atoms with Crippen molar-refractivity contribution in [2.75, 3.05) is 19.3 Å². The second kappa shape index (κ2) is 2.93. The zero-order chi connectivity index (χ0) is 10.5. The Morgan fingerprint density at radius 1 is 1.29 bits per heavy atom. The van der Waals surface area contributed by atoms with E-state index in [2.05, 4.69) is 0 Å². The SMILES string of the molecule is CC(=O)N1C2CC1CN(S(C)(=O)=O)C2. The lowest BCUT2D eigenvalue weighted by Crippen LogP contribution is -2.70. The number of rotatable bonds is 1. The van der Waals surface area contributed by atoms with Crippen LogP contribution in [-0.2, 0) is 14.8 Å². The number of hydrogen-bond donors (Lipinski definition) is 0. The number of amides is 1. The molecule has 80 valence electrons. The summed E-state index contributed by atoms with van der Waals surface area (Å²) in [4.78, 5) is 12.9. The summed E-state index contributed by atoms with van der Waals surface area (Å²) in [6.07, 6.45) is 2.17. The number of carbonyl (C=O) groups is 1. The van der Waals surface area contributed by atoms with Crippen LogP contribution in [0.2, 0.25) is 0 Å². The first kappa shape index (κ1) is 9.92. The van der Waals surface area contributed by atoms with Crippen LogP contribution >= 0.6 is 0 Å². The van der Waals surface area contributed by atoms with Gasteiger partial charge in [-0.15, -0.1) is 0 Å². The van der Waals surface area contributed by atoms with Crippen LogP contribution in [0.15, 0.2) is 0 Å². The first-order chi connectivity index (χ1) is 6.39. The van der Waals surface area contributed by atoms with Crippen LogP contribution in [0.4, 0.5) is 0 Å². The summed E-state index contributed by atoms with van der Waals surface area (Å²) in [5, 5.41) is 0. The molecule has 0 spiro atoms. The maximum absolute atomic E-state index is 11.3. The highest BCUT2D eigenvalue weighted by atomic mass is 32.2. The molecular formula is C8H14N2O3S.